The molecule has 5 rings (SSSR count). The number of hydrogen-bond donors (Lipinski definition) is 1. The lowest BCUT2D eigenvalue weighted by molar-refractivity contribution is -0.130. The average Bonchev–Trinajstić information content (AvgIpc) is 3.58. The molecule has 1 fully saturated rings. The van der Waals surface area contributed by atoms with Crippen LogP contribution in [0.4, 0.5) is 4.79 Å². The fourth-order valence-corrected chi connectivity index (χ4v) is 6.81. The Morgan fingerprint density at radius 1 is 0.885 bits per heavy atom. The minimum absolute atomic E-state index is 0.0997. The third-order valence-corrected chi connectivity index (χ3v) is 10.4. The second-order valence-corrected chi connectivity index (χ2v) is 17.0. The van der Waals surface area contributed by atoms with Crippen LogP contribution in [0, 0.1) is 5.92 Å². The Labute approximate surface area is 312 Å². The van der Waals surface area contributed by atoms with Gasteiger partial charge in [0.25, 0.3) is 5.91 Å². The second-order valence-electron chi connectivity index (χ2n) is 15.9. The number of carbonyl (C=O) groups is 3. The Hall–Kier alpha value is -4.57. The zero-order valence-electron chi connectivity index (χ0n) is 31.7. The van der Waals surface area contributed by atoms with E-state index in [0.717, 1.165) is 45.7 Å². The highest BCUT2D eigenvalue weighted by Crippen LogP contribution is 2.30. The van der Waals surface area contributed by atoms with Gasteiger partial charge in [-0.15, -0.1) is 11.3 Å². The molecule has 4 aromatic rings. The summed E-state index contributed by atoms with van der Waals surface area (Å²) in [5.41, 5.74) is 2.81. The third-order valence-electron chi connectivity index (χ3n) is 8.88. The number of amides is 2. The van der Waals surface area contributed by atoms with E-state index in [2.05, 4.69) is 49.9 Å². The van der Waals surface area contributed by atoms with E-state index in [1.807, 2.05) is 67.0 Å². The van der Waals surface area contributed by atoms with Crippen LogP contribution in [0.3, 0.4) is 0 Å². The summed E-state index contributed by atoms with van der Waals surface area (Å²) in [6.07, 6.45) is 6.05. The first kappa shape index (κ1) is 38.7. The summed E-state index contributed by atoms with van der Waals surface area (Å²) < 4.78 is 11.4. The highest BCUT2D eigenvalue weighted by molar-refractivity contribution is 7.14. The quantitative estimate of drug-likeness (QED) is 0.137. The number of aromatic nitrogens is 2. The largest absolute Gasteiger partial charge is 0.494 e. The maximum absolute atomic E-state index is 14.0. The molecule has 0 radical (unpaired) electrons. The van der Waals surface area contributed by atoms with E-state index in [4.69, 9.17) is 9.47 Å². The van der Waals surface area contributed by atoms with Crippen LogP contribution in [0.1, 0.15) is 94.8 Å². The molecule has 52 heavy (non-hydrogen) atoms. The first-order valence-electron chi connectivity index (χ1n) is 18.2. The van der Waals surface area contributed by atoms with Crippen molar-refractivity contribution in [2.24, 2.45) is 5.92 Å². The molecule has 1 N–H and O–H groups in total. The van der Waals surface area contributed by atoms with E-state index in [1.54, 1.807) is 26.8 Å². The molecule has 0 bridgehead atoms. The van der Waals surface area contributed by atoms with E-state index < -0.39 is 23.8 Å². The summed E-state index contributed by atoms with van der Waals surface area (Å²) >= 11 is 1.42. The predicted molar refractivity (Wildman–Crippen MR) is 207 cm³/mol. The van der Waals surface area contributed by atoms with Crippen molar-refractivity contribution in [2.45, 2.75) is 104 Å². The van der Waals surface area contributed by atoms with Crippen LogP contribution in [0.5, 0.6) is 5.75 Å². The van der Waals surface area contributed by atoms with Gasteiger partial charge in [0.2, 0.25) is 0 Å². The summed E-state index contributed by atoms with van der Waals surface area (Å²) in [6.45, 7) is 17.3. The monoisotopic (exact) mass is 724 g/mol. The number of nitrogens with zero attached hydrogens (tertiary/aromatic N) is 3. The van der Waals surface area contributed by atoms with Crippen molar-refractivity contribution in [3.63, 3.8) is 0 Å². The van der Waals surface area contributed by atoms with Crippen molar-refractivity contribution in [1.29, 1.82) is 0 Å². The number of benzene rings is 2. The van der Waals surface area contributed by atoms with Crippen molar-refractivity contribution in [3.8, 4) is 28.3 Å². The molecule has 1 aliphatic rings. The number of nitrogens with one attached hydrogen (secondary N) is 1. The van der Waals surface area contributed by atoms with Crippen LogP contribution in [-0.4, -0.2) is 63.5 Å². The fourth-order valence-electron chi connectivity index (χ4n) is 5.85. The topological polar surface area (TPSA) is 111 Å². The van der Waals surface area contributed by atoms with Gasteiger partial charge in [-0.1, -0.05) is 71.0 Å². The fraction of sp³-hybridized carbons (Fsp3) is 0.452. The van der Waals surface area contributed by atoms with Crippen molar-refractivity contribution >= 4 is 29.1 Å². The van der Waals surface area contributed by atoms with E-state index in [0.29, 0.717) is 36.2 Å². The van der Waals surface area contributed by atoms with Gasteiger partial charge in [0.1, 0.15) is 11.4 Å². The van der Waals surface area contributed by atoms with E-state index >= 15 is 0 Å². The zero-order valence-corrected chi connectivity index (χ0v) is 32.5. The second kappa shape index (κ2) is 16.4. The molecular formula is C42H52N4O5S. The molecule has 0 saturated carbocycles. The zero-order chi connectivity index (χ0) is 37.6. The first-order chi connectivity index (χ1) is 24.6. The Morgan fingerprint density at radius 2 is 1.54 bits per heavy atom. The minimum atomic E-state index is -0.846. The SMILES string of the molecule is CC(C)CCCOc1ccc(-c2cnc(-c3ccc(CC(NC(=O)c4ccc(C(C)(C)C)s4)C(=O)[C@@H]4CCN4C(=O)OC(C)(C)C)cc3)nc2)cc1. The molecule has 0 aliphatic carbocycles. The number of Topliss-reactive ketones (excluding diaryl/α,β-unsaturated/α-hetero) is 1. The van der Waals surface area contributed by atoms with E-state index in [1.165, 1.54) is 16.2 Å². The Balaban J connectivity index is 1.27. The molecule has 1 unspecified atom stereocenters. The van der Waals surface area contributed by atoms with Gasteiger partial charge in [-0.3, -0.25) is 14.5 Å². The molecule has 2 aromatic heterocycles. The number of thiophene rings is 1. The number of hydrogen-bond acceptors (Lipinski definition) is 8. The van der Waals surface area contributed by atoms with Crippen LogP contribution in [0.2, 0.25) is 0 Å². The number of rotatable bonds is 13. The highest BCUT2D eigenvalue weighted by Gasteiger charge is 2.42. The molecule has 3 heterocycles. The number of carbonyl (C=O) groups excluding carboxylic acids is 3. The lowest BCUT2D eigenvalue weighted by atomic mass is 9.90. The van der Waals surface area contributed by atoms with Gasteiger partial charge in [-0.05, 0) is 93.2 Å². The molecule has 2 amide bonds. The van der Waals surface area contributed by atoms with Crippen LogP contribution in [0.25, 0.3) is 22.5 Å². The Kier molecular flexibility index (Phi) is 12.2. The number of ether oxygens (including phenoxy) is 2. The van der Waals surface area contributed by atoms with Crippen molar-refractivity contribution in [1.82, 2.24) is 20.2 Å². The summed E-state index contributed by atoms with van der Waals surface area (Å²) in [5, 5.41) is 3.00. The summed E-state index contributed by atoms with van der Waals surface area (Å²) in [6, 6.07) is 17.9. The molecule has 0 spiro atoms. The van der Waals surface area contributed by atoms with Crippen LogP contribution in [-0.2, 0) is 21.4 Å². The van der Waals surface area contributed by atoms with Gasteiger partial charge in [-0.25, -0.2) is 14.8 Å². The number of likely N-dealkylation sites (tertiary alicyclic amines) is 1. The minimum Gasteiger partial charge on any atom is -0.494 e. The van der Waals surface area contributed by atoms with Gasteiger partial charge in [0.15, 0.2) is 11.6 Å². The van der Waals surface area contributed by atoms with Gasteiger partial charge < -0.3 is 14.8 Å². The molecule has 2 atom stereocenters. The lowest BCUT2D eigenvalue weighted by Crippen LogP contribution is -2.61. The van der Waals surface area contributed by atoms with Gasteiger partial charge in [0, 0.05) is 34.9 Å². The molecule has 1 aliphatic heterocycles. The predicted octanol–water partition coefficient (Wildman–Crippen LogP) is 8.90. The van der Waals surface area contributed by atoms with Gasteiger partial charge >= 0.3 is 6.09 Å². The normalized spacial score (nSPS) is 15.2. The van der Waals surface area contributed by atoms with Crippen LogP contribution >= 0.6 is 11.3 Å². The summed E-state index contributed by atoms with van der Waals surface area (Å²) in [7, 11) is 0. The Morgan fingerprint density at radius 3 is 2.10 bits per heavy atom. The lowest BCUT2D eigenvalue weighted by Gasteiger charge is -2.41. The van der Waals surface area contributed by atoms with Crippen molar-refractivity contribution in [3.05, 3.63) is 88.4 Å². The number of ketones is 1. The van der Waals surface area contributed by atoms with Gasteiger partial charge in [-0.2, -0.15) is 0 Å². The highest BCUT2D eigenvalue weighted by atomic mass is 32.1. The first-order valence-corrected chi connectivity index (χ1v) is 19.0. The van der Waals surface area contributed by atoms with Crippen molar-refractivity contribution in [2.75, 3.05) is 13.2 Å². The molecule has 10 heteroatoms. The third kappa shape index (κ3) is 10.3. The Bertz CT molecular complexity index is 1820. The maximum atomic E-state index is 14.0. The average molecular weight is 725 g/mol. The summed E-state index contributed by atoms with van der Waals surface area (Å²) in [4.78, 5) is 52.7. The molecule has 9 nitrogen and oxygen atoms in total. The van der Waals surface area contributed by atoms with Crippen molar-refractivity contribution < 1.29 is 23.9 Å². The molecular weight excluding hydrogens is 673 g/mol. The smallest absolute Gasteiger partial charge is 0.410 e. The van der Waals surface area contributed by atoms with Crippen LogP contribution in [0.15, 0.2) is 73.1 Å². The standard InChI is InChI=1S/C42H52N4O5S/c1-27(2)10-9-23-50-32-17-15-29(16-18-32)31-25-43-38(44-26-31)30-13-11-28(12-14-30)24-33(45-39(48)35-19-20-36(52-35)41(3,4)5)37(47)34-21-22-46(34)40(49)51-42(6,7)8/h11-20,25-27,33-34H,9-10,21-24H2,1-8H3,(H,45,48)/t33?,34-/m0/s1. The maximum Gasteiger partial charge on any atom is 0.410 e. The van der Waals surface area contributed by atoms with E-state index in [9.17, 15) is 14.4 Å². The van der Waals surface area contributed by atoms with Crippen LogP contribution < -0.4 is 10.1 Å². The molecule has 276 valence electrons. The van der Waals surface area contributed by atoms with E-state index in [-0.39, 0.29) is 23.5 Å². The molecule has 1 saturated heterocycles. The van der Waals surface area contributed by atoms with Gasteiger partial charge in [0.05, 0.1) is 23.6 Å². The summed E-state index contributed by atoms with van der Waals surface area (Å²) in [5.74, 6) is 1.58. The molecule has 2 aromatic carbocycles.